The zero-order valence-corrected chi connectivity index (χ0v) is 15.5. The van der Waals surface area contributed by atoms with Crippen LogP contribution in [0.25, 0.3) is 10.9 Å². The van der Waals surface area contributed by atoms with Crippen LogP contribution in [0.4, 0.5) is 0 Å². The molecule has 0 saturated carbocycles. The highest BCUT2D eigenvalue weighted by Crippen LogP contribution is 2.20. The van der Waals surface area contributed by atoms with E-state index in [4.69, 9.17) is 0 Å². The van der Waals surface area contributed by atoms with Crippen LogP contribution >= 0.6 is 0 Å². The Kier molecular flexibility index (Phi) is 4.43. The monoisotopic (exact) mass is 365 g/mol. The third-order valence-electron chi connectivity index (χ3n) is 5.12. The van der Waals surface area contributed by atoms with E-state index in [9.17, 15) is 9.59 Å². The highest BCUT2D eigenvalue weighted by molar-refractivity contribution is 5.92. The molecule has 7 heteroatoms. The number of carbonyl (C=O) groups excluding carboxylic acids is 2. The molecule has 7 nitrogen and oxygen atoms in total. The van der Waals surface area contributed by atoms with Gasteiger partial charge in [-0.25, -0.2) is 0 Å². The molecule has 2 amide bonds. The van der Waals surface area contributed by atoms with Crippen molar-refractivity contribution in [1.82, 2.24) is 25.0 Å². The van der Waals surface area contributed by atoms with Crippen LogP contribution in [0.2, 0.25) is 0 Å². The van der Waals surface area contributed by atoms with Gasteiger partial charge in [0.05, 0.1) is 18.3 Å². The molecule has 1 aromatic carbocycles. The van der Waals surface area contributed by atoms with Crippen molar-refractivity contribution in [3.63, 3.8) is 0 Å². The van der Waals surface area contributed by atoms with E-state index in [1.54, 1.807) is 17.9 Å². The molecule has 0 radical (unpaired) electrons. The zero-order valence-electron chi connectivity index (χ0n) is 15.5. The average Bonchev–Trinajstić information content (AvgIpc) is 3.22. The molecule has 0 bridgehead atoms. The molecule has 3 aromatic rings. The predicted molar refractivity (Wildman–Crippen MR) is 102 cm³/mol. The fourth-order valence-electron chi connectivity index (χ4n) is 3.54. The standard InChI is InChI=1S/C20H23N5O2/c1-13(15-4-5-18-16(10-15)6-7-21-18)22-20(27)19-11-17-12-24(14(2)26)8-3-9-25(17)23-19/h4-7,10-11,13,21H,3,8-9,12H2,1-2H3,(H,22,27)/t13-/m0/s1. The topological polar surface area (TPSA) is 83.0 Å². The summed E-state index contributed by atoms with van der Waals surface area (Å²) in [5.41, 5.74) is 3.41. The van der Waals surface area contributed by atoms with E-state index in [0.717, 1.165) is 35.1 Å². The Balaban J connectivity index is 1.50. The van der Waals surface area contributed by atoms with Crippen LogP contribution in [0.3, 0.4) is 0 Å². The van der Waals surface area contributed by atoms with Crippen LogP contribution in [-0.2, 0) is 17.9 Å². The number of fused-ring (bicyclic) bond motifs is 2. The van der Waals surface area contributed by atoms with Crippen molar-refractivity contribution in [2.24, 2.45) is 0 Å². The fourth-order valence-corrected chi connectivity index (χ4v) is 3.54. The Hall–Kier alpha value is -3.09. The van der Waals surface area contributed by atoms with Crippen LogP contribution in [0.1, 0.15) is 48.1 Å². The van der Waals surface area contributed by atoms with Gasteiger partial charge in [0.1, 0.15) is 0 Å². The number of amides is 2. The lowest BCUT2D eigenvalue weighted by Gasteiger charge is -2.17. The van der Waals surface area contributed by atoms with Crippen molar-refractivity contribution >= 4 is 22.7 Å². The van der Waals surface area contributed by atoms with Crippen LogP contribution in [0.15, 0.2) is 36.5 Å². The average molecular weight is 365 g/mol. The molecular weight excluding hydrogens is 342 g/mol. The summed E-state index contributed by atoms with van der Waals surface area (Å²) in [6, 6.07) is 9.77. The number of nitrogens with one attached hydrogen (secondary N) is 2. The van der Waals surface area contributed by atoms with E-state index < -0.39 is 0 Å². The maximum absolute atomic E-state index is 12.7. The van der Waals surface area contributed by atoms with Gasteiger partial charge >= 0.3 is 0 Å². The highest BCUT2D eigenvalue weighted by Gasteiger charge is 2.21. The van der Waals surface area contributed by atoms with Gasteiger partial charge in [0.15, 0.2) is 5.69 Å². The third kappa shape index (κ3) is 3.45. The minimum Gasteiger partial charge on any atom is -0.361 e. The van der Waals surface area contributed by atoms with E-state index in [2.05, 4.69) is 21.5 Å². The molecule has 1 aliphatic heterocycles. The second-order valence-corrected chi connectivity index (χ2v) is 7.06. The number of aromatic nitrogens is 3. The number of aryl methyl sites for hydroxylation is 1. The van der Waals surface area contributed by atoms with Gasteiger partial charge in [-0.2, -0.15) is 5.10 Å². The third-order valence-corrected chi connectivity index (χ3v) is 5.12. The normalized spacial score (nSPS) is 15.3. The summed E-state index contributed by atoms with van der Waals surface area (Å²) in [6.07, 6.45) is 2.74. The lowest BCUT2D eigenvalue weighted by atomic mass is 10.1. The number of carbonyl (C=O) groups is 2. The molecule has 3 heterocycles. The maximum Gasteiger partial charge on any atom is 0.272 e. The van der Waals surface area contributed by atoms with Gasteiger partial charge in [-0.3, -0.25) is 14.3 Å². The Labute approximate surface area is 157 Å². The maximum atomic E-state index is 12.7. The largest absolute Gasteiger partial charge is 0.361 e. The number of benzene rings is 1. The van der Waals surface area contributed by atoms with E-state index >= 15 is 0 Å². The van der Waals surface area contributed by atoms with Crippen molar-refractivity contribution in [2.45, 2.75) is 39.4 Å². The van der Waals surface area contributed by atoms with Gasteiger partial charge in [0.2, 0.25) is 5.91 Å². The number of rotatable bonds is 3. The Morgan fingerprint density at radius 3 is 2.89 bits per heavy atom. The van der Waals surface area contributed by atoms with Crippen molar-refractivity contribution in [3.05, 3.63) is 53.5 Å². The zero-order chi connectivity index (χ0) is 19.0. The lowest BCUT2D eigenvalue weighted by molar-refractivity contribution is -0.129. The number of nitrogens with zero attached hydrogens (tertiary/aromatic N) is 3. The minimum absolute atomic E-state index is 0.0458. The van der Waals surface area contributed by atoms with Gasteiger partial charge in [-0.15, -0.1) is 0 Å². The summed E-state index contributed by atoms with van der Waals surface area (Å²) in [6.45, 7) is 5.47. The smallest absolute Gasteiger partial charge is 0.272 e. The summed E-state index contributed by atoms with van der Waals surface area (Å²) < 4.78 is 1.84. The van der Waals surface area contributed by atoms with E-state index in [1.165, 1.54) is 0 Å². The first-order valence-electron chi connectivity index (χ1n) is 9.21. The fraction of sp³-hybridized carbons (Fsp3) is 0.350. The minimum atomic E-state index is -0.202. The molecule has 27 heavy (non-hydrogen) atoms. The van der Waals surface area contributed by atoms with Crippen molar-refractivity contribution in [3.8, 4) is 0 Å². The Morgan fingerprint density at radius 1 is 1.22 bits per heavy atom. The summed E-state index contributed by atoms with van der Waals surface area (Å²) in [5, 5.41) is 8.59. The SMILES string of the molecule is CC(=O)N1CCCn2nc(C(=O)N[C@@H](C)c3ccc4[nH]ccc4c3)cc2C1. The molecule has 0 unspecified atom stereocenters. The van der Waals surface area contributed by atoms with Crippen molar-refractivity contribution in [1.29, 1.82) is 0 Å². The molecule has 0 spiro atoms. The first kappa shape index (κ1) is 17.3. The number of H-pyrrole nitrogens is 1. The molecule has 1 aliphatic rings. The molecule has 0 saturated heterocycles. The second-order valence-electron chi connectivity index (χ2n) is 7.06. The van der Waals surface area contributed by atoms with Gasteiger partial charge in [0.25, 0.3) is 5.91 Å². The molecule has 140 valence electrons. The summed E-state index contributed by atoms with van der Waals surface area (Å²) >= 11 is 0. The van der Waals surface area contributed by atoms with E-state index in [-0.39, 0.29) is 17.9 Å². The first-order chi connectivity index (χ1) is 13.0. The molecule has 2 N–H and O–H groups in total. The molecule has 0 fully saturated rings. The lowest BCUT2D eigenvalue weighted by Crippen LogP contribution is -2.28. The van der Waals surface area contributed by atoms with E-state index in [0.29, 0.717) is 18.8 Å². The quantitative estimate of drug-likeness (QED) is 0.748. The Morgan fingerprint density at radius 2 is 2.07 bits per heavy atom. The van der Waals surface area contributed by atoms with Crippen LogP contribution in [-0.4, -0.2) is 38.0 Å². The molecular formula is C20H23N5O2. The highest BCUT2D eigenvalue weighted by atomic mass is 16.2. The van der Waals surface area contributed by atoms with Crippen molar-refractivity contribution < 1.29 is 9.59 Å². The van der Waals surface area contributed by atoms with E-state index in [1.807, 2.05) is 36.0 Å². The number of hydrogen-bond donors (Lipinski definition) is 2. The predicted octanol–water partition coefficient (Wildman–Crippen LogP) is 2.61. The number of aromatic amines is 1. The van der Waals surface area contributed by atoms with Gasteiger partial charge in [0, 0.05) is 31.7 Å². The summed E-state index contributed by atoms with van der Waals surface area (Å²) in [5.74, 6) is -0.156. The molecule has 4 rings (SSSR count). The van der Waals surface area contributed by atoms with Gasteiger partial charge in [-0.1, -0.05) is 6.07 Å². The van der Waals surface area contributed by atoms with Crippen LogP contribution < -0.4 is 5.32 Å². The van der Waals surface area contributed by atoms with Crippen molar-refractivity contribution in [2.75, 3.05) is 6.54 Å². The van der Waals surface area contributed by atoms with Gasteiger partial charge < -0.3 is 15.2 Å². The first-order valence-corrected chi connectivity index (χ1v) is 9.21. The molecule has 1 atom stereocenters. The van der Waals surface area contributed by atoms with Crippen LogP contribution in [0.5, 0.6) is 0 Å². The van der Waals surface area contributed by atoms with Crippen LogP contribution in [0, 0.1) is 0 Å². The summed E-state index contributed by atoms with van der Waals surface area (Å²) in [7, 11) is 0. The molecule has 2 aromatic heterocycles. The van der Waals surface area contributed by atoms with Gasteiger partial charge in [-0.05, 0) is 48.6 Å². The summed E-state index contributed by atoms with van der Waals surface area (Å²) in [4.78, 5) is 29.3. The molecule has 0 aliphatic carbocycles. The second kappa shape index (κ2) is 6.90. The Bertz CT molecular complexity index is 1000. The number of hydrogen-bond acceptors (Lipinski definition) is 3.